The van der Waals surface area contributed by atoms with Gasteiger partial charge in [-0.15, -0.1) is 0 Å². The number of benzene rings is 3. The van der Waals surface area contributed by atoms with Gasteiger partial charge in [-0.2, -0.15) is 0 Å². The minimum atomic E-state index is -0.917. The summed E-state index contributed by atoms with van der Waals surface area (Å²) in [5.74, 6) is 3.42. The van der Waals surface area contributed by atoms with Crippen molar-refractivity contribution in [1.29, 1.82) is 0 Å². The van der Waals surface area contributed by atoms with Crippen LogP contribution >= 0.6 is 0 Å². The molecule has 0 fully saturated rings. The molecule has 1 heterocycles. The van der Waals surface area contributed by atoms with Gasteiger partial charge in [0.2, 0.25) is 0 Å². The minimum absolute atomic E-state index is 0.242. The van der Waals surface area contributed by atoms with Crippen LogP contribution in [0.15, 0.2) is 66.9 Å². The zero-order valence-corrected chi connectivity index (χ0v) is 16.8. The Morgan fingerprint density at radius 3 is 2.32 bits per heavy atom. The van der Waals surface area contributed by atoms with Crippen LogP contribution in [0.25, 0.3) is 22.0 Å². The molecule has 2 nitrogen and oxygen atoms in total. The Labute approximate surface area is 178 Å². The molecular formula is C26H18F3NO. The Hall–Kier alpha value is -3.62. The first-order valence-corrected chi connectivity index (χ1v) is 9.68. The van der Waals surface area contributed by atoms with Crippen LogP contribution in [-0.2, 0) is 11.2 Å². The molecule has 31 heavy (non-hydrogen) atoms. The number of rotatable bonds is 4. The second-order valence-corrected chi connectivity index (χ2v) is 7.07. The lowest BCUT2D eigenvalue weighted by Gasteiger charge is -2.05. The molecule has 0 aliphatic heterocycles. The molecule has 3 aromatic carbocycles. The monoisotopic (exact) mass is 417 g/mol. The largest absolute Gasteiger partial charge is 0.384 e. The fourth-order valence-electron chi connectivity index (χ4n) is 3.20. The third-order valence-electron chi connectivity index (χ3n) is 4.91. The first-order chi connectivity index (χ1) is 15.0. The summed E-state index contributed by atoms with van der Waals surface area (Å²) in [4.78, 5) is 4.39. The highest BCUT2D eigenvalue weighted by atomic mass is 19.2. The van der Waals surface area contributed by atoms with Gasteiger partial charge in [0.05, 0.1) is 17.9 Å². The van der Waals surface area contributed by atoms with E-state index in [2.05, 4.69) is 16.8 Å². The highest BCUT2D eigenvalue weighted by Crippen LogP contribution is 2.22. The average Bonchev–Trinajstić information content (AvgIpc) is 2.78. The summed E-state index contributed by atoms with van der Waals surface area (Å²) in [6.45, 7) is 0.617. The lowest BCUT2D eigenvalue weighted by molar-refractivity contribution is 0.202. The summed E-state index contributed by atoms with van der Waals surface area (Å²) in [5.41, 5.74) is 3.20. The van der Waals surface area contributed by atoms with Gasteiger partial charge in [-0.05, 0) is 65.2 Å². The molecule has 0 atom stereocenters. The smallest absolute Gasteiger partial charge is 0.159 e. The molecule has 0 saturated carbocycles. The quantitative estimate of drug-likeness (QED) is 0.385. The van der Waals surface area contributed by atoms with Gasteiger partial charge in [0, 0.05) is 24.4 Å². The van der Waals surface area contributed by atoms with Crippen molar-refractivity contribution in [3.05, 3.63) is 101 Å². The van der Waals surface area contributed by atoms with Gasteiger partial charge in [0.25, 0.3) is 0 Å². The number of fused-ring (bicyclic) bond motifs is 1. The van der Waals surface area contributed by atoms with Gasteiger partial charge in [0.1, 0.15) is 5.82 Å². The second-order valence-electron chi connectivity index (χ2n) is 7.07. The molecule has 1 aromatic heterocycles. The number of methoxy groups -OCH3 is 1. The summed E-state index contributed by atoms with van der Waals surface area (Å²) in [6.07, 6.45) is 2.53. The number of halogens is 3. The molecule has 0 unspecified atom stereocenters. The SMILES string of the molecule is COCCc1ccc(-c2ccc(C#Cc3ccc4cc(F)c(F)cc4c3)c(F)c2)nc1. The number of hydrogen-bond acceptors (Lipinski definition) is 2. The van der Waals surface area contributed by atoms with E-state index >= 15 is 0 Å². The van der Waals surface area contributed by atoms with Crippen LogP contribution in [-0.4, -0.2) is 18.7 Å². The van der Waals surface area contributed by atoms with Gasteiger partial charge < -0.3 is 4.74 Å². The molecule has 0 spiro atoms. The van der Waals surface area contributed by atoms with Crippen molar-refractivity contribution in [2.24, 2.45) is 0 Å². The number of nitrogens with zero attached hydrogens (tertiary/aromatic N) is 1. The number of hydrogen-bond donors (Lipinski definition) is 0. The van der Waals surface area contributed by atoms with Gasteiger partial charge in [-0.25, -0.2) is 13.2 Å². The fourth-order valence-corrected chi connectivity index (χ4v) is 3.20. The maximum atomic E-state index is 14.6. The predicted octanol–water partition coefficient (Wildman–Crippen LogP) is 5.91. The molecule has 0 bridgehead atoms. The van der Waals surface area contributed by atoms with E-state index in [1.165, 1.54) is 6.07 Å². The van der Waals surface area contributed by atoms with E-state index in [0.717, 1.165) is 24.1 Å². The van der Waals surface area contributed by atoms with Crippen molar-refractivity contribution < 1.29 is 17.9 Å². The Balaban J connectivity index is 1.56. The summed E-state index contributed by atoms with van der Waals surface area (Å²) in [7, 11) is 1.65. The first-order valence-electron chi connectivity index (χ1n) is 9.68. The van der Waals surface area contributed by atoms with E-state index in [4.69, 9.17) is 4.74 Å². The van der Waals surface area contributed by atoms with E-state index in [-0.39, 0.29) is 5.56 Å². The Kier molecular flexibility index (Phi) is 6.01. The van der Waals surface area contributed by atoms with Crippen LogP contribution in [0, 0.1) is 29.3 Å². The lowest BCUT2D eigenvalue weighted by atomic mass is 10.0. The maximum Gasteiger partial charge on any atom is 0.159 e. The van der Waals surface area contributed by atoms with Crippen LogP contribution in [0.2, 0.25) is 0 Å². The van der Waals surface area contributed by atoms with Gasteiger partial charge in [-0.3, -0.25) is 4.98 Å². The lowest BCUT2D eigenvalue weighted by Crippen LogP contribution is -1.95. The van der Waals surface area contributed by atoms with E-state index in [9.17, 15) is 13.2 Å². The predicted molar refractivity (Wildman–Crippen MR) is 115 cm³/mol. The summed E-state index contributed by atoms with van der Waals surface area (Å²) in [5, 5.41) is 1.10. The van der Waals surface area contributed by atoms with Crippen molar-refractivity contribution >= 4 is 10.8 Å². The molecule has 0 aliphatic carbocycles. The number of aromatic nitrogens is 1. The van der Waals surface area contributed by atoms with Crippen LogP contribution in [0.1, 0.15) is 16.7 Å². The Bertz CT molecular complexity index is 1300. The van der Waals surface area contributed by atoms with E-state index in [0.29, 0.717) is 34.2 Å². The molecular weight excluding hydrogens is 399 g/mol. The van der Waals surface area contributed by atoms with Gasteiger partial charge in [0.15, 0.2) is 11.6 Å². The average molecular weight is 417 g/mol. The molecule has 154 valence electrons. The van der Waals surface area contributed by atoms with Crippen molar-refractivity contribution in [3.63, 3.8) is 0 Å². The van der Waals surface area contributed by atoms with Gasteiger partial charge >= 0.3 is 0 Å². The Morgan fingerprint density at radius 1 is 0.806 bits per heavy atom. The third-order valence-corrected chi connectivity index (χ3v) is 4.91. The maximum absolute atomic E-state index is 14.6. The number of ether oxygens (including phenoxy) is 1. The van der Waals surface area contributed by atoms with Crippen LogP contribution in [0.5, 0.6) is 0 Å². The second kappa shape index (κ2) is 9.03. The fraction of sp³-hybridized carbons (Fsp3) is 0.115. The normalized spacial score (nSPS) is 10.7. The highest BCUT2D eigenvalue weighted by Gasteiger charge is 2.06. The van der Waals surface area contributed by atoms with E-state index in [1.54, 1.807) is 43.6 Å². The van der Waals surface area contributed by atoms with Gasteiger partial charge in [-0.1, -0.05) is 30.0 Å². The topological polar surface area (TPSA) is 22.1 Å². The summed E-state index contributed by atoms with van der Waals surface area (Å²) >= 11 is 0. The van der Waals surface area contributed by atoms with Crippen molar-refractivity contribution in [2.45, 2.75) is 6.42 Å². The molecule has 4 rings (SSSR count). The van der Waals surface area contributed by atoms with Crippen molar-refractivity contribution in [2.75, 3.05) is 13.7 Å². The molecule has 0 saturated heterocycles. The Morgan fingerprint density at radius 2 is 1.61 bits per heavy atom. The first kappa shape index (κ1) is 20.6. The van der Waals surface area contributed by atoms with Crippen LogP contribution in [0.3, 0.4) is 0 Å². The standard InChI is InChI=1S/C26H18F3NO/c1-31-11-10-18-4-9-26(30-16-18)21-8-7-19(23(27)14-21)5-2-17-3-6-20-13-24(28)25(29)15-22(20)12-17/h3-4,6-9,12-16H,10-11H2,1H3. The van der Waals surface area contributed by atoms with Crippen molar-refractivity contribution in [3.8, 4) is 23.1 Å². The third kappa shape index (κ3) is 4.76. The van der Waals surface area contributed by atoms with Crippen LogP contribution in [0.4, 0.5) is 13.2 Å². The zero-order valence-electron chi connectivity index (χ0n) is 16.8. The molecule has 0 aliphatic rings. The molecule has 4 aromatic rings. The summed E-state index contributed by atoms with van der Waals surface area (Å²) in [6, 6.07) is 15.8. The van der Waals surface area contributed by atoms with E-state index in [1.807, 2.05) is 12.1 Å². The zero-order chi connectivity index (χ0) is 21.8. The molecule has 0 amide bonds. The number of pyridine rings is 1. The molecule has 0 radical (unpaired) electrons. The van der Waals surface area contributed by atoms with Crippen LogP contribution < -0.4 is 0 Å². The minimum Gasteiger partial charge on any atom is -0.384 e. The molecule has 0 N–H and O–H groups in total. The highest BCUT2D eigenvalue weighted by molar-refractivity contribution is 5.84. The van der Waals surface area contributed by atoms with E-state index < -0.39 is 17.5 Å². The molecule has 5 heteroatoms. The summed E-state index contributed by atoms with van der Waals surface area (Å²) < 4.78 is 46.5. The van der Waals surface area contributed by atoms with Crippen molar-refractivity contribution in [1.82, 2.24) is 4.98 Å².